The highest BCUT2D eigenvalue weighted by molar-refractivity contribution is 5.87. The minimum atomic E-state index is -1.03. The van der Waals surface area contributed by atoms with Crippen molar-refractivity contribution in [3.63, 3.8) is 0 Å². The maximum atomic E-state index is 11.0. The highest BCUT2D eigenvalue weighted by Gasteiger charge is 2.45. The summed E-state index contributed by atoms with van der Waals surface area (Å²) in [4.78, 5) is 11.0. The fourth-order valence-corrected chi connectivity index (χ4v) is 2.66. The molecular weight excluding hydrogens is 256 g/mol. The molecule has 1 aliphatic carbocycles. The van der Waals surface area contributed by atoms with Gasteiger partial charge in [0.25, 0.3) is 0 Å². The van der Waals surface area contributed by atoms with Crippen LogP contribution in [0.3, 0.4) is 0 Å². The van der Waals surface area contributed by atoms with Crippen molar-refractivity contribution in [2.75, 3.05) is 6.61 Å². The molecule has 5 heteroatoms. The second kappa shape index (κ2) is 4.45. The van der Waals surface area contributed by atoms with E-state index in [1.54, 1.807) is 17.8 Å². The minimum absolute atomic E-state index is 0.0335. The van der Waals surface area contributed by atoms with Crippen molar-refractivity contribution < 1.29 is 15.0 Å². The second-order valence-corrected chi connectivity index (χ2v) is 5.33. The molecule has 0 aliphatic heterocycles. The standard InChI is InChI=1S/C15H16N2O3/c1-17-13(8-12(16-17)14(19)20)10-4-2-3-5-11(10)15(9-18)6-7-15/h2-5,8,18H,6-7,9H2,1H3,(H,19,20). The number of carboxylic acids is 1. The summed E-state index contributed by atoms with van der Waals surface area (Å²) in [7, 11) is 1.73. The third-order valence-corrected chi connectivity index (χ3v) is 4.03. The Morgan fingerprint density at radius 3 is 2.65 bits per heavy atom. The van der Waals surface area contributed by atoms with Crippen LogP contribution in [-0.4, -0.2) is 32.6 Å². The molecule has 3 rings (SSSR count). The SMILES string of the molecule is Cn1nc(C(=O)O)cc1-c1ccccc1C1(CO)CC1. The van der Waals surface area contributed by atoms with Gasteiger partial charge < -0.3 is 10.2 Å². The van der Waals surface area contributed by atoms with E-state index in [4.69, 9.17) is 5.11 Å². The van der Waals surface area contributed by atoms with Gasteiger partial charge in [0.15, 0.2) is 5.69 Å². The maximum absolute atomic E-state index is 11.0. The number of rotatable bonds is 4. The van der Waals surface area contributed by atoms with E-state index in [1.807, 2.05) is 24.3 Å². The van der Waals surface area contributed by atoms with E-state index >= 15 is 0 Å². The van der Waals surface area contributed by atoms with Crippen LogP contribution < -0.4 is 0 Å². The van der Waals surface area contributed by atoms with Crippen molar-refractivity contribution in [3.05, 3.63) is 41.6 Å². The zero-order chi connectivity index (χ0) is 14.3. The van der Waals surface area contributed by atoms with Gasteiger partial charge in [-0.2, -0.15) is 5.10 Å². The predicted molar refractivity (Wildman–Crippen MR) is 73.6 cm³/mol. The summed E-state index contributed by atoms with van der Waals surface area (Å²) < 4.78 is 1.58. The van der Waals surface area contributed by atoms with Gasteiger partial charge in [-0.1, -0.05) is 24.3 Å². The number of aromatic carboxylic acids is 1. The summed E-state index contributed by atoms with van der Waals surface area (Å²) in [6, 6.07) is 9.40. The molecule has 1 aliphatic rings. The molecule has 1 fully saturated rings. The van der Waals surface area contributed by atoms with E-state index < -0.39 is 5.97 Å². The molecule has 1 aromatic heterocycles. The van der Waals surface area contributed by atoms with Gasteiger partial charge in [0.2, 0.25) is 0 Å². The number of aliphatic hydroxyl groups is 1. The van der Waals surface area contributed by atoms with E-state index in [0.717, 1.165) is 29.7 Å². The van der Waals surface area contributed by atoms with E-state index in [1.165, 1.54) is 0 Å². The Morgan fingerprint density at radius 1 is 1.40 bits per heavy atom. The van der Waals surface area contributed by atoms with Crippen LogP contribution in [0.25, 0.3) is 11.3 Å². The van der Waals surface area contributed by atoms with E-state index in [2.05, 4.69) is 5.10 Å². The molecule has 0 spiro atoms. The Morgan fingerprint density at radius 2 is 2.10 bits per heavy atom. The first kappa shape index (κ1) is 12.9. The molecule has 5 nitrogen and oxygen atoms in total. The Hall–Kier alpha value is -2.14. The first-order valence-corrected chi connectivity index (χ1v) is 6.55. The molecular formula is C15H16N2O3. The molecule has 1 aromatic carbocycles. The number of hydrogen-bond acceptors (Lipinski definition) is 3. The lowest BCUT2D eigenvalue weighted by Crippen LogP contribution is -2.13. The van der Waals surface area contributed by atoms with Gasteiger partial charge >= 0.3 is 5.97 Å². The van der Waals surface area contributed by atoms with Crippen molar-refractivity contribution in [2.24, 2.45) is 7.05 Å². The molecule has 2 N–H and O–H groups in total. The molecule has 104 valence electrons. The lowest BCUT2D eigenvalue weighted by atomic mass is 9.90. The Balaban J connectivity index is 2.14. The molecule has 0 amide bonds. The number of hydrogen-bond donors (Lipinski definition) is 2. The normalized spacial score (nSPS) is 16.1. The van der Waals surface area contributed by atoms with E-state index in [-0.39, 0.29) is 17.7 Å². The topological polar surface area (TPSA) is 75.4 Å². The van der Waals surface area contributed by atoms with Gasteiger partial charge in [0.05, 0.1) is 12.3 Å². The molecule has 1 saturated carbocycles. The molecule has 1 heterocycles. The number of aliphatic hydroxyl groups excluding tert-OH is 1. The van der Waals surface area contributed by atoms with Crippen LogP contribution in [0.2, 0.25) is 0 Å². The van der Waals surface area contributed by atoms with Crippen molar-refractivity contribution in [1.82, 2.24) is 9.78 Å². The Labute approximate surface area is 116 Å². The zero-order valence-corrected chi connectivity index (χ0v) is 11.2. The van der Waals surface area contributed by atoms with Crippen LogP contribution in [-0.2, 0) is 12.5 Å². The lowest BCUT2D eigenvalue weighted by Gasteiger charge is -2.17. The molecule has 0 saturated heterocycles. The van der Waals surface area contributed by atoms with Crippen LogP contribution in [0, 0.1) is 0 Å². The fraction of sp³-hybridized carbons (Fsp3) is 0.333. The lowest BCUT2D eigenvalue weighted by molar-refractivity contribution is 0.0689. The van der Waals surface area contributed by atoms with Crippen LogP contribution in [0.4, 0.5) is 0 Å². The number of nitrogens with zero attached hydrogens (tertiary/aromatic N) is 2. The van der Waals surface area contributed by atoms with Crippen LogP contribution in [0.5, 0.6) is 0 Å². The van der Waals surface area contributed by atoms with Gasteiger partial charge in [0.1, 0.15) is 0 Å². The highest BCUT2D eigenvalue weighted by atomic mass is 16.4. The summed E-state index contributed by atoms with van der Waals surface area (Å²) in [6.07, 6.45) is 1.92. The Kier molecular flexibility index (Phi) is 2.87. The first-order chi connectivity index (χ1) is 9.57. The van der Waals surface area contributed by atoms with Crippen molar-refractivity contribution in [1.29, 1.82) is 0 Å². The summed E-state index contributed by atoms with van der Waals surface area (Å²) in [6.45, 7) is 0.119. The van der Waals surface area contributed by atoms with E-state index in [0.29, 0.717) is 0 Å². The van der Waals surface area contributed by atoms with Crippen LogP contribution in [0.1, 0.15) is 28.9 Å². The monoisotopic (exact) mass is 272 g/mol. The highest BCUT2D eigenvalue weighted by Crippen LogP contribution is 2.50. The average Bonchev–Trinajstić information content (AvgIpc) is 3.15. The summed E-state index contributed by atoms with van der Waals surface area (Å²) in [5.41, 5.74) is 2.65. The quantitative estimate of drug-likeness (QED) is 0.890. The van der Waals surface area contributed by atoms with Gasteiger partial charge in [-0.05, 0) is 24.5 Å². The van der Waals surface area contributed by atoms with Crippen LogP contribution >= 0.6 is 0 Å². The summed E-state index contributed by atoms with van der Waals surface area (Å²) in [5.74, 6) is -1.03. The molecule has 0 atom stereocenters. The van der Waals surface area contributed by atoms with Crippen molar-refractivity contribution >= 4 is 5.97 Å². The number of carbonyl (C=O) groups is 1. The number of benzene rings is 1. The molecule has 2 aromatic rings. The van der Waals surface area contributed by atoms with Crippen LogP contribution in [0.15, 0.2) is 30.3 Å². The largest absolute Gasteiger partial charge is 0.476 e. The zero-order valence-electron chi connectivity index (χ0n) is 11.2. The average molecular weight is 272 g/mol. The third kappa shape index (κ3) is 1.91. The van der Waals surface area contributed by atoms with Gasteiger partial charge in [0, 0.05) is 18.0 Å². The number of carboxylic acid groups (broad SMARTS) is 1. The molecule has 0 bridgehead atoms. The maximum Gasteiger partial charge on any atom is 0.356 e. The smallest absolute Gasteiger partial charge is 0.356 e. The van der Waals surface area contributed by atoms with Crippen molar-refractivity contribution in [3.8, 4) is 11.3 Å². The third-order valence-electron chi connectivity index (χ3n) is 4.03. The number of aromatic nitrogens is 2. The fourth-order valence-electron chi connectivity index (χ4n) is 2.66. The van der Waals surface area contributed by atoms with Gasteiger partial charge in [-0.3, -0.25) is 4.68 Å². The van der Waals surface area contributed by atoms with Gasteiger partial charge in [-0.25, -0.2) is 4.79 Å². The summed E-state index contributed by atoms with van der Waals surface area (Å²) in [5, 5.41) is 22.7. The second-order valence-electron chi connectivity index (χ2n) is 5.33. The molecule has 20 heavy (non-hydrogen) atoms. The Bertz CT molecular complexity index is 672. The predicted octanol–water partition coefficient (Wildman–Crippen LogP) is 1.81. The first-order valence-electron chi connectivity index (χ1n) is 6.55. The van der Waals surface area contributed by atoms with Crippen molar-refractivity contribution in [2.45, 2.75) is 18.3 Å². The molecule has 0 unspecified atom stereocenters. The minimum Gasteiger partial charge on any atom is -0.476 e. The molecule has 0 radical (unpaired) electrons. The van der Waals surface area contributed by atoms with Gasteiger partial charge in [-0.15, -0.1) is 0 Å². The summed E-state index contributed by atoms with van der Waals surface area (Å²) >= 11 is 0. The number of aryl methyl sites for hydroxylation is 1. The van der Waals surface area contributed by atoms with E-state index in [9.17, 15) is 9.90 Å².